The Labute approximate surface area is 120 Å². The van der Waals surface area contributed by atoms with Crippen molar-refractivity contribution in [3.63, 3.8) is 0 Å². The number of rotatable bonds is 1. The van der Waals surface area contributed by atoms with Crippen molar-refractivity contribution in [2.45, 2.75) is 38.0 Å². The molecule has 21 heavy (non-hydrogen) atoms. The normalized spacial score (nSPS) is 24.8. The van der Waals surface area contributed by atoms with Crippen LogP contribution in [0.15, 0.2) is 23.4 Å². The number of nitrogens with zero attached hydrogens (tertiary/aromatic N) is 2. The third-order valence-electron chi connectivity index (χ3n) is 4.07. The first-order valence-corrected chi connectivity index (χ1v) is 6.86. The van der Waals surface area contributed by atoms with E-state index in [1.807, 2.05) is 0 Å². The minimum absolute atomic E-state index is 0.00853. The number of hydrogen-bond donors (Lipinski definition) is 0. The van der Waals surface area contributed by atoms with E-state index in [-0.39, 0.29) is 23.1 Å². The van der Waals surface area contributed by atoms with Gasteiger partial charge in [-0.25, -0.2) is 0 Å². The monoisotopic (exact) mass is 294 g/mol. The van der Waals surface area contributed by atoms with Crippen LogP contribution in [0.25, 0.3) is 0 Å². The number of benzene rings is 1. The molecular formula is C15H13F3N2O. The molecule has 3 nitrogen and oxygen atoms in total. The number of fused-ring (bicyclic) bond motifs is 1. The van der Waals surface area contributed by atoms with Crippen molar-refractivity contribution < 1.29 is 18.0 Å². The molecule has 2 aliphatic rings. The predicted molar refractivity (Wildman–Crippen MR) is 69.5 cm³/mol. The van der Waals surface area contributed by atoms with Gasteiger partial charge in [0.25, 0.3) is 0 Å². The maximum atomic E-state index is 13.2. The van der Waals surface area contributed by atoms with E-state index in [0.717, 1.165) is 31.7 Å². The zero-order valence-electron chi connectivity index (χ0n) is 11.2. The molecule has 1 saturated carbocycles. The Bertz CT molecular complexity index is 631. The highest BCUT2D eigenvalue weighted by molar-refractivity contribution is 6.04. The molecule has 110 valence electrons. The summed E-state index contributed by atoms with van der Waals surface area (Å²) in [6, 6.07) is 5.35. The van der Waals surface area contributed by atoms with Crippen LogP contribution in [-0.4, -0.2) is 11.8 Å². The van der Waals surface area contributed by atoms with Gasteiger partial charge in [0.2, 0.25) is 0 Å². The van der Waals surface area contributed by atoms with Crippen molar-refractivity contribution >= 4 is 5.71 Å². The molecule has 0 saturated heterocycles. The van der Waals surface area contributed by atoms with Gasteiger partial charge in [0, 0.05) is 11.5 Å². The van der Waals surface area contributed by atoms with Gasteiger partial charge < -0.3 is 4.84 Å². The van der Waals surface area contributed by atoms with E-state index in [4.69, 9.17) is 10.1 Å². The first kappa shape index (κ1) is 13.9. The SMILES string of the molecule is N#Cc1ccc(C2=NOC3CCCCC23)c(C(F)(F)F)c1. The average Bonchev–Trinajstić information content (AvgIpc) is 2.89. The number of nitriles is 1. The molecule has 1 heterocycles. The Morgan fingerprint density at radius 2 is 2.00 bits per heavy atom. The summed E-state index contributed by atoms with van der Waals surface area (Å²) in [7, 11) is 0. The van der Waals surface area contributed by atoms with Crippen molar-refractivity contribution in [3.8, 4) is 6.07 Å². The number of oxime groups is 1. The second-order valence-electron chi connectivity index (χ2n) is 5.38. The number of alkyl halides is 3. The fraction of sp³-hybridized carbons (Fsp3) is 0.467. The quantitative estimate of drug-likeness (QED) is 0.789. The summed E-state index contributed by atoms with van der Waals surface area (Å²) in [6.07, 6.45) is -1.01. The lowest BCUT2D eigenvalue weighted by Crippen LogP contribution is -2.28. The van der Waals surface area contributed by atoms with Crippen LogP contribution in [0.2, 0.25) is 0 Å². The van der Waals surface area contributed by atoms with Gasteiger partial charge >= 0.3 is 6.18 Å². The Balaban J connectivity index is 2.04. The minimum atomic E-state index is -4.52. The molecule has 0 N–H and O–H groups in total. The van der Waals surface area contributed by atoms with E-state index in [9.17, 15) is 13.2 Å². The molecule has 0 aromatic heterocycles. The average molecular weight is 294 g/mol. The Morgan fingerprint density at radius 3 is 2.71 bits per heavy atom. The third-order valence-corrected chi connectivity index (χ3v) is 4.07. The molecule has 0 bridgehead atoms. The van der Waals surface area contributed by atoms with Crippen LogP contribution in [0.3, 0.4) is 0 Å². The van der Waals surface area contributed by atoms with Crippen LogP contribution in [-0.2, 0) is 11.0 Å². The Hall–Kier alpha value is -2.03. The van der Waals surface area contributed by atoms with Crippen molar-refractivity contribution in [1.82, 2.24) is 0 Å². The van der Waals surface area contributed by atoms with Crippen LogP contribution in [0.4, 0.5) is 13.2 Å². The van der Waals surface area contributed by atoms with Gasteiger partial charge in [-0.3, -0.25) is 0 Å². The van der Waals surface area contributed by atoms with E-state index in [0.29, 0.717) is 5.71 Å². The van der Waals surface area contributed by atoms with Gasteiger partial charge in [0.05, 0.1) is 22.9 Å². The van der Waals surface area contributed by atoms with E-state index < -0.39 is 11.7 Å². The van der Waals surface area contributed by atoms with Gasteiger partial charge in [0.1, 0.15) is 6.10 Å². The first-order chi connectivity index (χ1) is 10.0. The summed E-state index contributed by atoms with van der Waals surface area (Å²) in [6.45, 7) is 0. The molecule has 1 aliphatic carbocycles. The highest BCUT2D eigenvalue weighted by Gasteiger charge is 2.41. The smallest absolute Gasteiger partial charge is 0.392 e. The van der Waals surface area contributed by atoms with Crippen LogP contribution < -0.4 is 0 Å². The van der Waals surface area contributed by atoms with Crippen LogP contribution in [0.5, 0.6) is 0 Å². The van der Waals surface area contributed by atoms with Crippen LogP contribution in [0.1, 0.15) is 42.4 Å². The predicted octanol–water partition coefficient (Wildman–Crippen LogP) is 3.87. The van der Waals surface area contributed by atoms with Crippen molar-refractivity contribution in [2.24, 2.45) is 11.1 Å². The highest BCUT2D eigenvalue weighted by atomic mass is 19.4. The largest absolute Gasteiger partial charge is 0.417 e. The molecule has 3 rings (SSSR count). The summed E-state index contributed by atoms with van der Waals surface area (Å²) >= 11 is 0. The van der Waals surface area contributed by atoms with E-state index in [2.05, 4.69) is 5.16 Å². The first-order valence-electron chi connectivity index (χ1n) is 6.86. The van der Waals surface area contributed by atoms with Crippen LogP contribution >= 0.6 is 0 Å². The Kier molecular flexibility index (Phi) is 3.36. The molecule has 0 amide bonds. The second-order valence-corrected chi connectivity index (χ2v) is 5.38. The molecule has 1 aromatic rings. The molecular weight excluding hydrogens is 281 g/mol. The lowest BCUT2D eigenvalue weighted by atomic mass is 9.80. The topological polar surface area (TPSA) is 45.4 Å². The van der Waals surface area contributed by atoms with Gasteiger partial charge in [-0.15, -0.1) is 0 Å². The zero-order chi connectivity index (χ0) is 15.0. The van der Waals surface area contributed by atoms with Crippen molar-refractivity contribution in [2.75, 3.05) is 0 Å². The Morgan fingerprint density at radius 1 is 1.24 bits per heavy atom. The van der Waals surface area contributed by atoms with Crippen molar-refractivity contribution in [1.29, 1.82) is 5.26 Å². The summed E-state index contributed by atoms with van der Waals surface area (Å²) in [5.74, 6) is -0.0761. The summed E-state index contributed by atoms with van der Waals surface area (Å²) in [5.41, 5.74) is -0.409. The maximum absolute atomic E-state index is 13.2. The molecule has 0 spiro atoms. The molecule has 1 aromatic carbocycles. The molecule has 6 heteroatoms. The van der Waals surface area contributed by atoms with Gasteiger partial charge in [-0.2, -0.15) is 18.4 Å². The zero-order valence-corrected chi connectivity index (χ0v) is 11.2. The molecule has 1 fully saturated rings. The van der Waals surface area contributed by atoms with Crippen molar-refractivity contribution in [3.05, 3.63) is 34.9 Å². The second kappa shape index (κ2) is 5.06. The highest BCUT2D eigenvalue weighted by Crippen LogP contribution is 2.39. The molecule has 2 atom stereocenters. The fourth-order valence-corrected chi connectivity index (χ4v) is 3.05. The molecule has 0 radical (unpaired) electrons. The van der Waals surface area contributed by atoms with Gasteiger partial charge in [-0.1, -0.05) is 17.6 Å². The number of halogens is 3. The van der Waals surface area contributed by atoms with Gasteiger partial charge in [-0.05, 0) is 31.4 Å². The minimum Gasteiger partial charge on any atom is -0.392 e. The van der Waals surface area contributed by atoms with E-state index in [1.54, 1.807) is 6.07 Å². The van der Waals surface area contributed by atoms with E-state index in [1.165, 1.54) is 12.1 Å². The standard InChI is InChI=1S/C15H13F3N2O/c16-15(17,18)12-7-9(8-19)5-6-10(12)14-11-3-1-2-4-13(11)21-20-14/h5-7,11,13H,1-4H2. The summed E-state index contributed by atoms with van der Waals surface area (Å²) in [4.78, 5) is 5.30. The summed E-state index contributed by atoms with van der Waals surface area (Å²) < 4.78 is 39.7. The molecule has 1 aliphatic heterocycles. The van der Waals surface area contributed by atoms with Crippen LogP contribution in [0, 0.1) is 17.2 Å². The lowest BCUT2D eigenvalue weighted by Gasteiger charge is -2.24. The lowest BCUT2D eigenvalue weighted by molar-refractivity contribution is -0.137. The molecule has 2 unspecified atom stereocenters. The number of hydrogen-bond acceptors (Lipinski definition) is 3. The summed E-state index contributed by atoms with van der Waals surface area (Å²) in [5, 5.41) is 12.7. The van der Waals surface area contributed by atoms with E-state index >= 15 is 0 Å². The fourth-order valence-electron chi connectivity index (χ4n) is 3.05. The van der Waals surface area contributed by atoms with Gasteiger partial charge in [0.15, 0.2) is 0 Å². The maximum Gasteiger partial charge on any atom is 0.417 e. The third kappa shape index (κ3) is 2.48.